The van der Waals surface area contributed by atoms with Crippen molar-refractivity contribution >= 4 is 28.1 Å². The normalized spacial score (nSPS) is 12.1. The molecule has 0 aliphatic heterocycles. The number of rotatable bonds is 2. The lowest BCUT2D eigenvalue weighted by Gasteiger charge is -1.95. The summed E-state index contributed by atoms with van der Waals surface area (Å²) in [7, 11) is 0. The summed E-state index contributed by atoms with van der Waals surface area (Å²) in [6.45, 7) is 0. The third-order valence-electron chi connectivity index (χ3n) is 1.43. The number of nitrogens with two attached hydrogens (primary N) is 1. The van der Waals surface area contributed by atoms with Gasteiger partial charge in [0.1, 0.15) is 5.82 Å². The molecule has 80 valence electrons. The molecule has 0 fully saturated rings. The molecule has 0 atom stereocenters. The SMILES string of the molecule is N/C(=N/N=C/c1ccc(F)c(Br)c1)NO. The summed E-state index contributed by atoms with van der Waals surface area (Å²) in [6.07, 6.45) is 1.37. The van der Waals surface area contributed by atoms with Gasteiger partial charge in [0.2, 0.25) is 5.96 Å². The van der Waals surface area contributed by atoms with Gasteiger partial charge in [-0.25, -0.2) is 9.87 Å². The molecule has 0 radical (unpaired) electrons. The summed E-state index contributed by atoms with van der Waals surface area (Å²) in [5.41, 5.74) is 7.36. The summed E-state index contributed by atoms with van der Waals surface area (Å²) in [6, 6.07) is 4.36. The molecule has 0 amide bonds. The van der Waals surface area contributed by atoms with Gasteiger partial charge in [-0.05, 0) is 33.6 Å². The fraction of sp³-hybridized carbons (Fsp3) is 0. The first-order chi connectivity index (χ1) is 7.13. The molecule has 0 aromatic heterocycles. The van der Waals surface area contributed by atoms with Crippen LogP contribution < -0.4 is 11.2 Å². The van der Waals surface area contributed by atoms with E-state index in [0.29, 0.717) is 10.0 Å². The highest BCUT2D eigenvalue weighted by Crippen LogP contribution is 2.15. The maximum absolute atomic E-state index is 12.8. The first kappa shape index (κ1) is 11.6. The van der Waals surface area contributed by atoms with Crippen LogP contribution in [0.5, 0.6) is 0 Å². The summed E-state index contributed by atoms with van der Waals surface area (Å²) < 4.78 is 13.2. The number of hydroxylamine groups is 1. The fourth-order valence-corrected chi connectivity index (χ4v) is 1.17. The van der Waals surface area contributed by atoms with Crippen molar-refractivity contribution in [2.75, 3.05) is 0 Å². The van der Waals surface area contributed by atoms with Crippen LogP contribution in [0.4, 0.5) is 4.39 Å². The van der Waals surface area contributed by atoms with Crippen molar-refractivity contribution in [1.29, 1.82) is 0 Å². The first-order valence-electron chi connectivity index (χ1n) is 3.85. The zero-order chi connectivity index (χ0) is 11.3. The lowest BCUT2D eigenvalue weighted by Crippen LogP contribution is -2.27. The number of hydrogen-bond donors (Lipinski definition) is 3. The van der Waals surface area contributed by atoms with Gasteiger partial charge in [-0.3, -0.25) is 5.21 Å². The Morgan fingerprint density at radius 2 is 2.33 bits per heavy atom. The number of nitrogens with zero attached hydrogens (tertiary/aromatic N) is 2. The van der Waals surface area contributed by atoms with Crippen molar-refractivity contribution in [1.82, 2.24) is 5.48 Å². The minimum absolute atomic E-state index is 0.229. The van der Waals surface area contributed by atoms with Gasteiger partial charge in [0.25, 0.3) is 0 Å². The van der Waals surface area contributed by atoms with E-state index in [-0.39, 0.29) is 11.8 Å². The fourth-order valence-electron chi connectivity index (χ4n) is 0.773. The predicted octanol–water partition coefficient (Wildman–Crippen LogP) is 1.22. The van der Waals surface area contributed by atoms with Gasteiger partial charge in [0.05, 0.1) is 10.7 Å². The molecule has 1 aromatic carbocycles. The third-order valence-corrected chi connectivity index (χ3v) is 2.04. The average molecular weight is 275 g/mol. The smallest absolute Gasteiger partial charge is 0.237 e. The topological polar surface area (TPSA) is 83.0 Å². The minimum Gasteiger partial charge on any atom is -0.367 e. The zero-order valence-corrected chi connectivity index (χ0v) is 9.07. The van der Waals surface area contributed by atoms with Crippen molar-refractivity contribution in [2.24, 2.45) is 15.9 Å². The minimum atomic E-state index is -0.354. The third kappa shape index (κ3) is 3.64. The van der Waals surface area contributed by atoms with Gasteiger partial charge in [-0.2, -0.15) is 5.10 Å². The van der Waals surface area contributed by atoms with E-state index in [1.807, 2.05) is 0 Å². The lowest BCUT2D eigenvalue weighted by atomic mass is 10.2. The second kappa shape index (κ2) is 5.42. The quantitative estimate of drug-likeness (QED) is 0.431. The molecule has 4 N–H and O–H groups in total. The van der Waals surface area contributed by atoms with Crippen LogP contribution in [-0.2, 0) is 0 Å². The molecule has 1 rings (SSSR count). The van der Waals surface area contributed by atoms with E-state index >= 15 is 0 Å². The number of guanidine groups is 1. The van der Waals surface area contributed by atoms with E-state index in [1.165, 1.54) is 24.4 Å². The Morgan fingerprint density at radius 3 is 2.93 bits per heavy atom. The highest BCUT2D eigenvalue weighted by atomic mass is 79.9. The number of nitrogens with one attached hydrogen (secondary N) is 1. The Labute approximate surface area is 93.6 Å². The van der Waals surface area contributed by atoms with Gasteiger partial charge in [-0.15, -0.1) is 5.10 Å². The Bertz CT molecular complexity index is 408. The van der Waals surface area contributed by atoms with Crippen molar-refractivity contribution in [3.05, 3.63) is 34.1 Å². The molecule has 0 aliphatic rings. The van der Waals surface area contributed by atoms with E-state index < -0.39 is 0 Å². The molecule has 15 heavy (non-hydrogen) atoms. The maximum Gasteiger partial charge on any atom is 0.237 e. The summed E-state index contributed by atoms with van der Waals surface area (Å²) >= 11 is 3.03. The lowest BCUT2D eigenvalue weighted by molar-refractivity contribution is 0.232. The second-order valence-corrected chi connectivity index (χ2v) is 3.37. The number of hydrogen-bond acceptors (Lipinski definition) is 3. The zero-order valence-electron chi connectivity index (χ0n) is 7.48. The number of halogens is 2. The van der Waals surface area contributed by atoms with E-state index in [1.54, 1.807) is 5.48 Å². The molecule has 0 heterocycles. The average Bonchev–Trinajstić information content (AvgIpc) is 2.23. The largest absolute Gasteiger partial charge is 0.367 e. The highest BCUT2D eigenvalue weighted by Gasteiger charge is 1.97. The molecule has 0 aliphatic carbocycles. The van der Waals surface area contributed by atoms with Gasteiger partial charge < -0.3 is 5.73 Å². The molecule has 1 aromatic rings. The Morgan fingerprint density at radius 1 is 1.60 bits per heavy atom. The molecule has 0 saturated carbocycles. The van der Waals surface area contributed by atoms with Crippen LogP contribution in [0.3, 0.4) is 0 Å². The molecule has 0 spiro atoms. The molecular formula is C8H8BrFN4O. The van der Waals surface area contributed by atoms with Crippen LogP contribution >= 0.6 is 15.9 Å². The van der Waals surface area contributed by atoms with Gasteiger partial charge in [0, 0.05) is 0 Å². The van der Waals surface area contributed by atoms with Crippen LogP contribution in [-0.4, -0.2) is 17.4 Å². The van der Waals surface area contributed by atoms with Crippen molar-refractivity contribution < 1.29 is 9.60 Å². The molecule has 0 saturated heterocycles. The van der Waals surface area contributed by atoms with Crippen molar-refractivity contribution in [2.45, 2.75) is 0 Å². The van der Waals surface area contributed by atoms with E-state index in [0.717, 1.165) is 0 Å². The van der Waals surface area contributed by atoms with Crippen LogP contribution in [0.25, 0.3) is 0 Å². The molecule has 0 bridgehead atoms. The van der Waals surface area contributed by atoms with E-state index in [4.69, 9.17) is 10.9 Å². The molecule has 7 heteroatoms. The summed E-state index contributed by atoms with van der Waals surface area (Å²) in [4.78, 5) is 0. The van der Waals surface area contributed by atoms with E-state index in [2.05, 4.69) is 26.1 Å². The Hall–Kier alpha value is -1.47. The van der Waals surface area contributed by atoms with Crippen LogP contribution in [0.2, 0.25) is 0 Å². The molecular weight excluding hydrogens is 267 g/mol. The molecule has 5 nitrogen and oxygen atoms in total. The number of benzene rings is 1. The summed E-state index contributed by atoms with van der Waals surface area (Å²) in [5, 5.41) is 15.2. The maximum atomic E-state index is 12.8. The first-order valence-corrected chi connectivity index (χ1v) is 4.64. The van der Waals surface area contributed by atoms with Crippen LogP contribution in [0.1, 0.15) is 5.56 Å². The van der Waals surface area contributed by atoms with Crippen LogP contribution in [0, 0.1) is 5.82 Å². The van der Waals surface area contributed by atoms with E-state index in [9.17, 15) is 4.39 Å². The van der Waals surface area contributed by atoms with Crippen molar-refractivity contribution in [3.8, 4) is 0 Å². The predicted molar refractivity (Wildman–Crippen MR) is 58.2 cm³/mol. The van der Waals surface area contributed by atoms with Crippen LogP contribution in [0.15, 0.2) is 32.9 Å². The van der Waals surface area contributed by atoms with Gasteiger partial charge in [-0.1, -0.05) is 6.07 Å². The monoisotopic (exact) mass is 274 g/mol. The van der Waals surface area contributed by atoms with Gasteiger partial charge in [0.15, 0.2) is 0 Å². The van der Waals surface area contributed by atoms with Crippen molar-refractivity contribution in [3.63, 3.8) is 0 Å². The Balaban J connectivity index is 2.77. The standard InChI is InChI=1S/C8H8BrFN4O/c9-6-3-5(1-2-7(6)10)4-12-13-8(11)14-15/h1-4,15H,(H3,11,13,14)/b12-4+. The Kier molecular flexibility index (Phi) is 4.19. The van der Waals surface area contributed by atoms with Gasteiger partial charge >= 0.3 is 0 Å². The molecule has 0 unspecified atom stereocenters. The highest BCUT2D eigenvalue weighted by molar-refractivity contribution is 9.10. The second-order valence-electron chi connectivity index (χ2n) is 2.52. The summed E-state index contributed by atoms with van der Waals surface area (Å²) in [5.74, 6) is -0.584.